The quantitative estimate of drug-likeness (QED) is 0.644. The lowest BCUT2D eigenvalue weighted by molar-refractivity contribution is 0.184. The molecule has 3 N–H and O–H groups in total. The summed E-state index contributed by atoms with van der Waals surface area (Å²) in [5.41, 5.74) is 0.944. The van der Waals surface area contributed by atoms with Gasteiger partial charge in [0.1, 0.15) is 0 Å². The van der Waals surface area contributed by atoms with E-state index in [2.05, 4.69) is 12.2 Å². The van der Waals surface area contributed by atoms with Crippen LogP contribution in [0.25, 0.3) is 0 Å². The summed E-state index contributed by atoms with van der Waals surface area (Å²) >= 11 is 0. The molecule has 0 spiro atoms. The molecule has 0 radical (unpaired) electrons. The van der Waals surface area contributed by atoms with Gasteiger partial charge in [-0.15, -0.1) is 0 Å². The van der Waals surface area contributed by atoms with Crippen molar-refractivity contribution in [2.24, 2.45) is 0 Å². The number of hydrogen-bond donors (Lipinski definition) is 3. The fourth-order valence-corrected chi connectivity index (χ4v) is 1.37. The summed E-state index contributed by atoms with van der Waals surface area (Å²) < 4.78 is 4.99. The van der Waals surface area contributed by atoms with Crippen molar-refractivity contribution in [2.45, 2.75) is 25.9 Å². The molecule has 1 aromatic rings. The van der Waals surface area contributed by atoms with Crippen LogP contribution < -0.4 is 5.32 Å². The normalized spacial score (nSPS) is 12.6. The zero-order valence-corrected chi connectivity index (χ0v) is 9.73. The van der Waals surface area contributed by atoms with Gasteiger partial charge in [0.05, 0.1) is 0 Å². The predicted octanol–water partition coefficient (Wildman–Crippen LogP) is 1.61. The molecule has 0 fully saturated rings. The van der Waals surface area contributed by atoms with Crippen LogP contribution in [0.5, 0.6) is 11.5 Å². The smallest absolute Gasteiger partial charge is 0.157 e. The van der Waals surface area contributed by atoms with Crippen molar-refractivity contribution in [1.29, 1.82) is 0 Å². The van der Waals surface area contributed by atoms with E-state index in [1.807, 2.05) is 0 Å². The van der Waals surface area contributed by atoms with Crippen LogP contribution in [0.4, 0.5) is 0 Å². The fourth-order valence-electron chi connectivity index (χ4n) is 1.37. The zero-order valence-electron chi connectivity index (χ0n) is 9.73. The third kappa shape index (κ3) is 4.08. The molecule has 0 heterocycles. The number of methoxy groups -OCH3 is 1. The van der Waals surface area contributed by atoms with Gasteiger partial charge in [0.2, 0.25) is 0 Å². The van der Waals surface area contributed by atoms with E-state index in [0.717, 1.165) is 18.6 Å². The summed E-state index contributed by atoms with van der Waals surface area (Å²) in [7, 11) is 1.69. The maximum Gasteiger partial charge on any atom is 0.157 e. The van der Waals surface area contributed by atoms with Gasteiger partial charge >= 0.3 is 0 Å². The van der Waals surface area contributed by atoms with E-state index in [0.29, 0.717) is 12.6 Å². The molecule has 0 bridgehead atoms. The molecule has 90 valence electrons. The highest BCUT2D eigenvalue weighted by molar-refractivity contribution is 5.40. The number of phenols is 2. The van der Waals surface area contributed by atoms with Gasteiger partial charge in [0, 0.05) is 26.3 Å². The number of hydrogen-bond acceptors (Lipinski definition) is 4. The maximum absolute atomic E-state index is 9.31. The molecule has 0 aromatic heterocycles. The molecule has 4 nitrogen and oxygen atoms in total. The van der Waals surface area contributed by atoms with Crippen LogP contribution in [0, 0.1) is 0 Å². The molecular weight excluding hydrogens is 206 g/mol. The van der Waals surface area contributed by atoms with E-state index in [4.69, 9.17) is 9.84 Å². The average molecular weight is 225 g/mol. The molecule has 1 atom stereocenters. The summed E-state index contributed by atoms with van der Waals surface area (Å²) in [5, 5.41) is 21.8. The van der Waals surface area contributed by atoms with Gasteiger partial charge in [0.25, 0.3) is 0 Å². The number of benzene rings is 1. The third-order valence-corrected chi connectivity index (χ3v) is 2.45. The minimum Gasteiger partial charge on any atom is -0.504 e. The Bertz CT molecular complexity index is 328. The Kier molecular flexibility index (Phi) is 5.08. The van der Waals surface area contributed by atoms with Crippen LogP contribution >= 0.6 is 0 Å². The first-order valence-corrected chi connectivity index (χ1v) is 5.36. The van der Waals surface area contributed by atoms with Gasteiger partial charge < -0.3 is 20.3 Å². The molecule has 1 rings (SSSR count). The van der Waals surface area contributed by atoms with Crippen molar-refractivity contribution in [3.63, 3.8) is 0 Å². The Morgan fingerprint density at radius 1 is 1.31 bits per heavy atom. The van der Waals surface area contributed by atoms with E-state index < -0.39 is 0 Å². The van der Waals surface area contributed by atoms with Crippen molar-refractivity contribution in [1.82, 2.24) is 5.32 Å². The number of ether oxygens (including phenoxy) is 1. The monoisotopic (exact) mass is 225 g/mol. The molecule has 0 saturated heterocycles. The Hall–Kier alpha value is -1.26. The minimum atomic E-state index is -0.0869. The lowest BCUT2D eigenvalue weighted by atomic mass is 10.2. The van der Waals surface area contributed by atoms with Gasteiger partial charge in [-0.3, -0.25) is 0 Å². The van der Waals surface area contributed by atoms with Crippen LogP contribution in [-0.2, 0) is 11.3 Å². The van der Waals surface area contributed by atoms with Crippen molar-refractivity contribution in [3.8, 4) is 11.5 Å². The van der Waals surface area contributed by atoms with Gasteiger partial charge in [-0.05, 0) is 31.0 Å². The summed E-state index contributed by atoms with van der Waals surface area (Å²) in [6.45, 7) is 3.48. The van der Waals surface area contributed by atoms with Crippen LogP contribution in [-0.4, -0.2) is 30.0 Å². The highest BCUT2D eigenvalue weighted by Crippen LogP contribution is 2.24. The van der Waals surface area contributed by atoms with E-state index >= 15 is 0 Å². The van der Waals surface area contributed by atoms with E-state index in [1.165, 1.54) is 6.07 Å². The highest BCUT2D eigenvalue weighted by Gasteiger charge is 2.03. The third-order valence-electron chi connectivity index (χ3n) is 2.45. The fraction of sp³-hybridized carbons (Fsp3) is 0.500. The standard InChI is InChI=1S/C12H19NO3/c1-9(5-6-16-2)13-8-10-3-4-11(14)12(15)7-10/h3-4,7,9,13-15H,5-6,8H2,1-2H3. The van der Waals surface area contributed by atoms with E-state index in [1.54, 1.807) is 19.2 Å². The molecule has 0 aliphatic carbocycles. The number of nitrogens with one attached hydrogen (secondary N) is 1. The summed E-state index contributed by atoms with van der Waals surface area (Å²) in [6.07, 6.45) is 0.945. The second-order valence-electron chi connectivity index (χ2n) is 3.89. The Morgan fingerprint density at radius 2 is 2.06 bits per heavy atom. The Labute approximate surface area is 95.9 Å². The lowest BCUT2D eigenvalue weighted by Gasteiger charge is -2.13. The molecule has 0 amide bonds. The van der Waals surface area contributed by atoms with E-state index in [9.17, 15) is 5.11 Å². The molecule has 1 unspecified atom stereocenters. The minimum absolute atomic E-state index is 0.0798. The first kappa shape index (κ1) is 12.8. The van der Waals surface area contributed by atoms with Crippen LogP contribution in [0.1, 0.15) is 18.9 Å². The first-order valence-electron chi connectivity index (χ1n) is 5.36. The van der Waals surface area contributed by atoms with E-state index in [-0.39, 0.29) is 11.5 Å². The van der Waals surface area contributed by atoms with Crippen LogP contribution in [0.2, 0.25) is 0 Å². The molecule has 16 heavy (non-hydrogen) atoms. The largest absolute Gasteiger partial charge is 0.504 e. The second-order valence-corrected chi connectivity index (χ2v) is 3.89. The average Bonchev–Trinajstić information content (AvgIpc) is 2.28. The lowest BCUT2D eigenvalue weighted by Crippen LogP contribution is -2.26. The summed E-state index contributed by atoms with van der Waals surface area (Å²) in [4.78, 5) is 0. The molecular formula is C12H19NO3. The second kappa shape index (κ2) is 6.35. The molecule has 1 aromatic carbocycles. The highest BCUT2D eigenvalue weighted by atomic mass is 16.5. The Balaban J connectivity index is 2.39. The molecule has 0 aliphatic heterocycles. The molecule has 0 aliphatic rings. The number of aromatic hydroxyl groups is 2. The first-order chi connectivity index (χ1) is 7.63. The Morgan fingerprint density at radius 3 is 2.69 bits per heavy atom. The van der Waals surface area contributed by atoms with Crippen LogP contribution in [0.3, 0.4) is 0 Å². The number of rotatable bonds is 6. The van der Waals surface area contributed by atoms with Gasteiger partial charge in [-0.2, -0.15) is 0 Å². The van der Waals surface area contributed by atoms with Gasteiger partial charge in [-0.1, -0.05) is 6.07 Å². The van der Waals surface area contributed by atoms with Gasteiger partial charge in [-0.25, -0.2) is 0 Å². The topological polar surface area (TPSA) is 61.7 Å². The summed E-state index contributed by atoms with van der Waals surface area (Å²) in [6, 6.07) is 5.19. The summed E-state index contributed by atoms with van der Waals surface area (Å²) in [5.74, 6) is -0.167. The molecule has 0 saturated carbocycles. The van der Waals surface area contributed by atoms with Crippen molar-refractivity contribution in [2.75, 3.05) is 13.7 Å². The number of phenolic OH excluding ortho intramolecular Hbond substituents is 2. The predicted molar refractivity (Wildman–Crippen MR) is 62.6 cm³/mol. The molecule has 4 heteroatoms. The van der Waals surface area contributed by atoms with Gasteiger partial charge in [0.15, 0.2) is 11.5 Å². The van der Waals surface area contributed by atoms with Crippen LogP contribution in [0.15, 0.2) is 18.2 Å². The zero-order chi connectivity index (χ0) is 12.0. The van der Waals surface area contributed by atoms with Crippen molar-refractivity contribution in [3.05, 3.63) is 23.8 Å². The van der Waals surface area contributed by atoms with Crippen molar-refractivity contribution < 1.29 is 14.9 Å². The van der Waals surface area contributed by atoms with Crippen molar-refractivity contribution >= 4 is 0 Å². The SMILES string of the molecule is COCCC(C)NCc1ccc(O)c(O)c1. The maximum atomic E-state index is 9.31.